The lowest BCUT2D eigenvalue weighted by Gasteiger charge is -2.33. The van der Waals surface area contributed by atoms with Gasteiger partial charge in [0.1, 0.15) is 5.82 Å². The van der Waals surface area contributed by atoms with Gasteiger partial charge in [0, 0.05) is 26.2 Å². The number of hydrogen-bond donors (Lipinski definition) is 0. The average molecular weight is 306 g/mol. The molecule has 3 heterocycles. The standard InChI is InChI=1S/C13H14N4O3S/c1-9-14-11(21-15-9)13(19)17-6-4-16(5-7-17)12(18)10-3-2-8-20-10/h2-3,8H,4-7H2,1H3. The number of rotatable bonds is 2. The van der Waals surface area contributed by atoms with Crippen LogP contribution >= 0.6 is 11.5 Å². The molecule has 110 valence electrons. The maximum atomic E-state index is 12.2. The van der Waals surface area contributed by atoms with E-state index < -0.39 is 0 Å². The number of amides is 2. The highest BCUT2D eigenvalue weighted by Crippen LogP contribution is 2.13. The maximum Gasteiger partial charge on any atom is 0.289 e. The van der Waals surface area contributed by atoms with Crippen LogP contribution in [0.15, 0.2) is 22.8 Å². The van der Waals surface area contributed by atoms with Crippen LogP contribution < -0.4 is 0 Å². The monoisotopic (exact) mass is 306 g/mol. The first-order chi connectivity index (χ1) is 10.1. The molecular weight excluding hydrogens is 292 g/mol. The first kappa shape index (κ1) is 13.7. The van der Waals surface area contributed by atoms with E-state index in [4.69, 9.17) is 4.42 Å². The van der Waals surface area contributed by atoms with Crippen LogP contribution in [0.4, 0.5) is 0 Å². The summed E-state index contributed by atoms with van der Waals surface area (Å²) < 4.78 is 9.12. The number of carbonyl (C=O) groups excluding carboxylic acids is 2. The molecule has 21 heavy (non-hydrogen) atoms. The molecule has 2 aromatic heterocycles. The summed E-state index contributed by atoms with van der Waals surface area (Å²) in [6, 6.07) is 3.33. The summed E-state index contributed by atoms with van der Waals surface area (Å²) in [7, 11) is 0. The minimum atomic E-state index is -0.140. The second-order valence-corrected chi connectivity index (χ2v) is 5.46. The quantitative estimate of drug-likeness (QED) is 0.828. The van der Waals surface area contributed by atoms with Crippen LogP contribution in [0.25, 0.3) is 0 Å². The zero-order chi connectivity index (χ0) is 14.8. The van der Waals surface area contributed by atoms with Gasteiger partial charge in [0.05, 0.1) is 6.26 Å². The summed E-state index contributed by atoms with van der Waals surface area (Å²) in [6.45, 7) is 3.72. The summed E-state index contributed by atoms with van der Waals surface area (Å²) >= 11 is 1.11. The highest BCUT2D eigenvalue weighted by Gasteiger charge is 2.27. The molecule has 0 saturated carbocycles. The molecule has 1 aliphatic rings. The third kappa shape index (κ3) is 2.80. The van der Waals surface area contributed by atoms with Gasteiger partial charge in [-0.25, -0.2) is 4.98 Å². The Hall–Kier alpha value is -2.22. The molecule has 1 saturated heterocycles. The fourth-order valence-corrected chi connectivity index (χ4v) is 2.83. The molecule has 7 nitrogen and oxygen atoms in total. The molecule has 0 spiro atoms. The Morgan fingerprint density at radius 2 is 1.86 bits per heavy atom. The van der Waals surface area contributed by atoms with Crippen LogP contribution in [0.5, 0.6) is 0 Å². The van der Waals surface area contributed by atoms with Gasteiger partial charge < -0.3 is 14.2 Å². The molecule has 1 fully saturated rings. The van der Waals surface area contributed by atoms with Gasteiger partial charge >= 0.3 is 0 Å². The molecule has 0 aliphatic carbocycles. The summed E-state index contributed by atoms with van der Waals surface area (Å²) in [6.07, 6.45) is 1.48. The van der Waals surface area contributed by atoms with Gasteiger partial charge in [0.15, 0.2) is 5.76 Å². The van der Waals surface area contributed by atoms with Gasteiger partial charge in [-0.15, -0.1) is 0 Å². The number of hydrogen-bond acceptors (Lipinski definition) is 6. The topological polar surface area (TPSA) is 79.5 Å². The van der Waals surface area contributed by atoms with Crippen molar-refractivity contribution in [3.8, 4) is 0 Å². The predicted molar refractivity (Wildman–Crippen MR) is 75.2 cm³/mol. The Labute approximate surface area is 125 Å². The Morgan fingerprint density at radius 1 is 1.19 bits per heavy atom. The highest BCUT2D eigenvalue weighted by molar-refractivity contribution is 7.07. The van der Waals surface area contributed by atoms with Crippen molar-refractivity contribution in [2.75, 3.05) is 26.2 Å². The molecule has 0 radical (unpaired) electrons. The SMILES string of the molecule is Cc1nsc(C(=O)N2CCN(C(=O)c3ccco3)CC2)n1. The van der Waals surface area contributed by atoms with E-state index in [0.717, 1.165) is 11.5 Å². The van der Waals surface area contributed by atoms with E-state index in [9.17, 15) is 9.59 Å². The van der Waals surface area contributed by atoms with Gasteiger partial charge in [0.25, 0.3) is 11.8 Å². The van der Waals surface area contributed by atoms with E-state index in [1.165, 1.54) is 6.26 Å². The minimum Gasteiger partial charge on any atom is -0.459 e. The molecule has 0 bridgehead atoms. The van der Waals surface area contributed by atoms with E-state index >= 15 is 0 Å². The minimum absolute atomic E-state index is 0.120. The molecule has 1 aliphatic heterocycles. The summed E-state index contributed by atoms with van der Waals surface area (Å²) in [5.41, 5.74) is 0. The third-order valence-electron chi connectivity index (χ3n) is 3.30. The normalized spacial score (nSPS) is 15.3. The van der Waals surface area contributed by atoms with Crippen molar-refractivity contribution in [3.63, 3.8) is 0 Å². The zero-order valence-electron chi connectivity index (χ0n) is 11.5. The van der Waals surface area contributed by atoms with E-state index in [2.05, 4.69) is 9.36 Å². The molecule has 0 aromatic carbocycles. The van der Waals surface area contributed by atoms with Gasteiger partial charge in [-0.1, -0.05) is 0 Å². The van der Waals surface area contributed by atoms with E-state index in [1.807, 2.05) is 0 Å². The lowest BCUT2D eigenvalue weighted by Crippen LogP contribution is -2.50. The molecule has 0 N–H and O–H groups in total. The zero-order valence-corrected chi connectivity index (χ0v) is 12.3. The number of nitrogens with zero attached hydrogens (tertiary/aromatic N) is 4. The smallest absolute Gasteiger partial charge is 0.289 e. The van der Waals surface area contributed by atoms with E-state index in [1.54, 1.807) is 28.9 Å². The summed E-state index contributed by atoms with van der Waals surface area (Å²) in [5.74, 6) is 0.675. The first-order valence-corrected chi connectivity index (χ1v) is 7.35. The van der Waals surface area contributed by atoms with Crippen molar-refractivity contribution in [2.45, 2.75) is 6.92 Å². The second-order valence-electron chi connectivity index (χ2n) is 4.71. The number of piperazine rings is 1. The van der Waals surface area contributed by atoms with Crippen LogP contribution in [0, 0.1) is 6.92 Å². The van der Waals surface area contributed by atoms with Gasteiger partial charge in [-0.3, -0.25) is 9.59 Å². The van der Waals surface area contributed by atoms with Crippen molar-refractivity contribution in [3.05, 3.63) is 35.0 Å². The molecule has 2 amide bonds. The fourth-order valence-electron chi connectivity index (χ4n) is 2.19. The second kappa shape index (κ2) is 5.65. The van der Waals surface area contributed by atoms with Crippen molar-refractivity contribution in [2.24, 2.45) is 0 Å². The third-order valence-corrected chi connectivity index (χ3v) is 4.09. The van der Waals surface area contributed by atoms with Crippen LogP contribution in [-0.2, 0) is 0 Å². The van der Waals surface area contributed by atoms with Crippen LogP contribution in [0.1, 0.15) is 26.2 Å². The molecule has 0 unspecified atom stereocenters. The Kier molecular flexibility index (Phi) is 3.70. The predicted octanol–water partition coefficient (Wildman–Crippen LogP) is 1.04. The lowest BCUT2D eigenvalue weighted by atomic mass is 10.3. The van der Waals surface area contributed by atoms with Crippen molar-refractivity contribution < 1.29 is 14.0 Å². The Morgan fingerprint density at radius 3 is 2.38 bits per heavy atom. The molecule has 0 atom stereocenters. The van der Waals surface area contributed by atoms with Crippen LogP contribution in [0.2, 0.25) is 0 Å². The number of aromatic nitrogens is 2. The van der Waals surface area contributed by atoms with E-state index in [-0.39, 0.29) is 11.8 Å². The van der Waals surface area contributed by atoms with Gasteiger partial charge in [-0.2, -0.15) is 4.37 Å². The highest BCUT2D eigenvalue weighted by atomic mass is 32.1. The molecular formula is C13H14N4O3S. The average Bonchev–Trinajstić information content (AvgIpc) is 3.17. The van der Waals surface area contributed by atoms with E-state index in [0.29, 0.717) is 42.8 Å². The van der Waals surface area contributed by atoms with Crippen molar-refractivity contribution in [1.82, 2.24) is 19.2 Å². The largest absolute Gasteiger partial charge is 0.459 e. The number of furan rings is 1. The summed E-state index contributed by atoms with van der Waals surface area (Å²) in [4.78, 5) is 31.8. The summed E-state index contributed by atoms with van der Waals surface area (Å²) in [5, 5.41) is 0.401. The van der Waals surface area contributed by atoms with Gasteiger partial charge in [-0.05, 0) is 30.6 Å². The lowest BCUT2D eigenvalue weighted by molar-refractivity contribution is 0.0518. The molecule has 8 heteroatoms. The Bertz CT molecular complexity index is 644. The maximum absolute atomic E-state index is 12.2. The molecule has 2 aromatic rings. The Balaban J connectivity index is 1.60. The van der Waals surface area contributed by atoms with Crippen molar-refractivity contribution >= 4 is 23.3 Å². The van der Waals surface area contributed by atoms with Crippen molar-refractivity contribution in [1.29, 1.82) is 0 Å². The fraction of sp³-hybridized carbons (Fsp3) is 0.385. The van der Waals surface area contributed by atoms with Crippen LogP contribution in [-0.4, -0.2) is 57.2 Å². The van der Waals surface area contributed by atoms with Crippen LogP contribution in [0.3, 0.4) is 0 Å². The van der Waals surface area contributed by atoms with Gasteiger partial charge in [0.2, 0.25) is 5.01 Å². The molecule has 3 rings (SSSR count). The number of carbonyl (C=O) groups is 2. The first-order valence-electron chi connectivity index (χ1n) is 6.57. The number of aryl methyl sites for hydroxylation is 1.